The summed E-state index contributed by atoms with van der Waals surface area (Å²) >= 11 is 1.91. The van der Waals surface area contributed by atoms with Crippen LogP contribution in [0, 0.1) is 5.92 Å². The first-order valence-electron chi connectivity index (χ1n) is 11.3. The molecule has 1 spiro atoms. The van der Waals surface area contributed by atoms with Gasteiger partial charge in [0, 0.05) is 36.9 Å². The van der Waals surface area contributed by atoms with Gasteiger partial charge in [0.15, 0.2) is 0 Å². The van der Waals surface area contributed by atoms with Crippen LogP contribution in [0.15, 0.2) is 24.3 Å². The highest BCUT2D eigenvalue weighted by atomic mass is 32.2. The maximum atomic E-state index is 13.0. The van der Waals surface area contributed by atoms with Crippen LogP contribution in [0.5, 0.6) is 0 Å². The molecule has 4 nitrogen and oxygen atoms in total. The largest absolute Gasteiger partial charge is 0.338 e. The van der Waals surface area contributed by atoms with Gasteiger partial charge in [-0.1, -0.05) is 52.2 Å². The predicted molar refractivity (Wildman–Crippen MR) is 121 cm³/mol. The minimum atomic E-state index is -0.0967. The number of rotatable bonds is 7. The Morgan fingerprint density at radius 1 is 1.03 bits per heavy atom. The van der Waals surface area contributed by atoms with Crippen LogP contribution in [0.4, 0.5) is 0 Å². The second-order valence-corrected chi connectivity index (χ2v) is 10.2. The molecule has 0 aromatic heterocycles. The molecule has 1 aromatic carbocycles. The molecule has 0 N–H and O–H groups in total. The molecule has 0 aliphatic carbocycles. The summed E-state index contributed by atoms with van der Waals surface area (Å²) in [5, 5.41) is 0. The van der Waals surface area contributed by atoms with E-state index in [1.165, 1.54) is 31.2 Å². The fraction of sp³-hybridized carbons (Fsp3) is 0.667. The van der Waals surface area contributed by atoms with Gasteiger partial charge in [-0.05, 0) is 43.4 Å². The standard InChI is InChI=1S/C24H36N2O2S/c1-4-5-6-7-8-20-9-11-21(12-10-20)23(28)25-15-13-24(14-16-25)26(17-18-29-24)22(27)19(2)3/h9-12,19H,4-8,13-18H2,1-3H3. The van der Waals surface area contributed by atoms with E-state index in [1.807, 2.05) is 42.6 Å². The molecule has 2 aliphatic rings. The number of hydrogen-bond acceptors (Lipinski definition) is 3. The quantitative estimate of drug-likeness (QED) is 0.589. The molecule has 0 saturated carbocycles. The maximum absolute atomic E-state index is 13.0. The van der Waals surface area contributed by atoms with Crippen LogP contribution >= 0.6 is 11.8 Å². The summed E-state index contributed by atoms with van der Waals surface area (Å²) in [6, 6.07) is 8.20. The molecule has 3 rings (SSSR count). The lowest BCUT2D eigenvalue weighted by molar-refractivity contribution is -0.137. The molecule has 29 heavy (non-hydrogen) atoms. The Kier molecular flexibility index (Phi) is 7.66. The van der Waals surface area contributed by atoms with Crippen molar-refractivity contribution in [2.75, 3.05) is 25.4 Å². The lowest BCUT2D eigenvalue weighted by Gasteiger charge is -2.44. The van der Waals surface area contributed by atoms with Crippen LogP contribution in [0.2, 0.25) is 0 Å². The molecule has 1 aromatic rings. The van der Waals surface area contributed by atoms with E-state index in [2.05, 4.69) is 24.0 Å². The zero-order chi connectivity index (χ0) is 20.9. The molecule has 160 valence electrons. The minimum Gasteiger partial charge on any atom is -0.338 e. The van der Waals surface area contributed by atoms with Gasteiger partial charge < -0.3 is 9.80 Å². The molecule has 2 amide bonds. The zero-order valence-corrected chi connectivity index (χ0v) is 19.1. The highest BCUT2D eigenvalue weighted by Crippen LogP contribution is 2.44. The van der Waals surface area contributed by atoms with Crippen molar-refractivity contribution < 1.29 is 9.59 Å². The smallest absolute Gasteiger partial charge is 0.253 e. The summed E-state index contributed by atoms with van der Waals surface area (Å²) in [4.78, 5) is 29.6. The van der Waals surface area contributed by atoms with Gasteiger partial charge in [-0.2, -0.15) is 0 Å². The van der Waals surface area contributed by atoms with Crippen molar-refractivity contribution in [1.29, 1.82) is 0 Å². The van der Waals surface area contributed by atoms with Gasteiger partial charge >= 0.3 is 0 Å². The summed E-state index contributed by atoms with van der Waals surface area (Å²) in [6.07, 6.45) is 7.89. The summed E-state index contributed by atoms with van der Waals surface area (Å²) < 4.78 is 0. The Hall–Kier alpha value is -1.49. The van der Waals surface area contributed by atoms with Crippen LogP contribution in [0.3, 0.4) is 0 Å². The van der Waals surface area contributed by atoms with E-state index >= 15 is 0 Å². The summed E-state index contributed by atoms with van der Waals surface area (Å²) in [5.41, 5.74) is 2.10. The van der Waals surface area contributed by atoms with E-state index in [1.54, 1.807) is 0 Å². The van der Waals surface area contributed by atoms with Crippen molar-refractivity contribution in [3.8, 4) is 0 Å². The van der Waals surface area contributed by atoms with Crippen LogP contribution in [-0.2, 0) is 11.2 Å². The summed E-state index contributed by atoms with van der Waals surface area (Å²) in [6.45, 7) is 8.48. The monoisotopic (exact) mass is 416 g/mol. The van der Waals surface area contributed by atoms with Gasteiger partial charge in [0.05, 0.1) is 4.87 Å². The van der Waals surface area contributed by atoms with Crippen molar-refractivity contribution in [1.82, 2.24) is 9.80 Å². The zero-order valence-electron chi connectivity index (χ0n) is 18.3. The van der Waals surface area contributed by atoms with E-state index in [-0.39, 0.29) is 22.6 Å². The third-order valence-electron chi connectivity index (χ3n) is 6.29. The fourth-order valence-corrected chi connectivity index (χ4v) is 5.92. The summed E-state index contributed by atoms with van der Waals surface area (Å²) in [7, 11) is 0. The molecule has 0 unspecified atom stereocenters. The SMILES string of the molecule is CCCCCCc1ccc(C(=O)N2CCC3(CC2)SCCN3C(=O)C(C)C)cc1. The molecular formula is C24H36N2O2S. The maximum Gasteiger partial charge on any atom is 0.253 e. The minimum absolute atomic E-state index is 0.0331. The number of carbonyl (C=O) groups excluding carboxylic acids is 2. The highest BCUT2D eigenvalue weighted by molar-refractivity contribution is 8.00. The van der Waals surface area contributed by atoms with Gasteiger partial charge in [0.1, 0.15) is 0 Å². The first-order chi connectivity index (χ1) is 14.0. The van der Waals surface area contributed by atoms with E-state index in [0.29, 0.717) is 0 Å². The van der Waals surface area contributed by atoms with Crippen molar-refractivity contribution in [2.45, 2.75) is 70.6 Å². The Morgan fingerprint density at radius 3 is 2.34 bits per heavy atom. The molecule has 2 fully saturated rings. The van der Waals surface area contributed by atoms with E-state index < -0.39 is 0 Å². The first kappa shape index (κ1) is 22.2. The molecule has 2 saturated heterocycles. The van der Waals surface area contributed by atoms with Crippen LogP contribution in [-0.4, -0.2) is 51.9 Å². The van der Waals surface area contributed by atoms with Crippen molar-refractivity contribution >= 4 is 23.6 Å². The molecule has 0 radical (unpaired) electrons. The molecule has 2 aliphatic heterocycles. The number of piperidine rings is 1. The molecule has 2 heterocycles. The fourth-order valence-electron chi connectivity index (χ4n) is 4.46. The molecule has 5 heteroatoms. The third-order valence-corrected chi connectivity index (χ3v) is 7.84. The number of hydrogen-bond donors (Lipinski definition) is 0. The molecule has 0 bridgehead atoms. The number of likely N-dealkylation sites (tertiary alicyclic amines) is 1. The number of thioether (sulfide) groups is 1. The van der Waals surface area contributed by atoms with E-state index in [0.717, 1.165) is 50.2 Å². The number of unbranched alkanes of at least 4 members (excludes halogenated alkanes) is 3. The number of benzene rings is 1. The average molecular weight is 417 g/mol. The van der Waals surface area contributed by atoms with E-state index in [4.69, 9.17) is 0 Å². The Morgan fingerprint density at radius 2 is 1.72 bits per heavy atom. The number of nitrogens with zero attached hydrogens (tertiary/aromatic N) is 2. The summed E-state index contributed by atoms with van der Waals surface area (Å²) in [5.74, 6) is 1.42. The second-order valence-electron chi connectivity index (χ2n) is 8.74. The van der Waals surface area contributed by atoms with Gasteiger partial charge in [0.25, 0.3) is 5.91 Å². The number of aryl methyl sites for hydroxylation is 1. The lowest BCUT2D eigenvalue weighted by atomic mass is 9.99. The van der Waals surface area contributed by atoms with Crippen molar-refractivity contribution in [2.24, 2.45) is 5.92 Å². The van der Waals surface area contributed by atoms with Crippen molar-refractivity contribution in [3.05, 3.63) is 35.4 Å². The molecular weight excluding hydrogens is 380 g/mol. The van der Waals surface area contributed by atoms with Gasteiger partial charge in [0.2, 0.25) is 5.91 Å². The topological polar surface area (TPSA) is 40.6 Å². The first-order valence-corrected chi connectivity index (χ1v) is 12.3. The van der Waals surface area contributed by atoms with Gasteiger partial charge in [-0.25, -0.2) is 0 Å². The Bertz CT molecular complexity index is 693. The Balaban J connectivity index is 1.55. The highest BCUT2D eigenvalue weighted by Gasteiger charge is 2.47. The lowest BCUT2D eigenvalue weighted by Crippen LogP contribution is -2.54. The predicted octanol–water partition coefficient (Wildman–Crippen LogP) is 4.97. The number of carbonyl (C=O) groups is 2. The van der Waals surface area contributed by atoms with Gasteiger partial charge in [-0.3, -0.25) is 9.59 Å². The second kappa shape index (κ2) is 10.0. The molecule has 0 atom stereocenters. The van der Waals surface area contributed by atoms with Gasteiger partial charge in [-0.15, -0.1) is 11.8 Å². The van der Waals surface area contributed by atoms with Crippen molar-refractivity contribution in [3.63, 3.8) is 0 Å². The van der Waals surface area contributed by atoms with Crippen LogP contribution in [0.1, 0.15) is 75.2 Å². The normalized spacial score (nSPS) is 18.6. The number of amides is 2. The third kappa shape index (κ3) is 5.17. The average Bonchev–Trinajstić information content (AvgIpc) is 3.14. The van der Waals surface area contributed by atoms with E-state index in [9.17, 15) is 9.59 Å². The van der Waals surface area contributed by atoms with Crippen LogP contribution in [0.25, 0.3) is 0 Å². The van der Waals surface area contributed by atoms with Crippen LogP contribution < -0.4 is 0 Å². The Labute approximate surface area is 180 Å².